The number of hydrogen-bond acceptors (Lipinski definition) is 4. The molecule has 0 aliphatic carbocycles. The molecule has 2 amide bonds. The average Bonchev–Trinajstić information content (AvgIpc) is 2.95. The molecular weight excluding hydrogens is 302 g/mol. The van der Waals surface area contributed by atoms with Crippen molar-refractivity contribution < 1.29 is 9.00 Å². The van der Waals surface area contributed by atoms with Gasteiger partial charge in [-0.05, 0) is 24.6 Å². The molecule has 2 aromatic rings. The second-order valence-corrected chi connectivity index (χ2v) is 6.55. The Balaban J connectivity index is 1.59. The first-order chi connectivity index (χ1) is 10.6. The van der Waals surface area contributed by atoms with Crippen molar-refractivity contribution in [2.75, 3.05) is 11.6 Å². The van der Waals surface area contributed by atoms with Crippen molar-refractivity contribution in [3.05, 3.63) is 36.4 Å². The van der Waals surface area contributed by atoms with Crippen molar-refractivity contribution in [3.63, 3.8) is 0 Å². The summed E-state index contributed by atoms with van der Waals surface area (Å²) in [4.78, 5) is 16.9. The second-order valence-electron chi connectivity index (χ2n) is 5.17. The largest absolute Gasteiger partial charge is 0.333 e. The van der Waals surface area contributed by atoms with Gasteiger partial charge in [0.2, 0.25) is 0 Å². The number of anilines is 1. The van der Waals surface area contributed by atoms with Gasteiger partial charge < -0.3 is 10.6 Å². The van der Waals surface area contributed by atoms with Crippen molar-refractivity contribution in [3.8, 4) is 0 Å². The summed E-state index contributed by atoms with van der Waals surface area (Å²) in [7, 11) is -1.07. The maximum absolute atomic E-state index is 12.1. The summed E-state index contributed by atoms with van der Waals surface area (Å²) in [5.74, 6) is 0.955. The van der Waals surface area contributed by atoms with E-state index >= 15 is 0 Å². The SMILES string of the molecule is C[S@](=O)c1cccc(NC(=O)N[C@H]2CCc3ncnn3C2)c1. The summed E-state index contributed by atoms with van der Waals surface area (Å²) in [6, 6.07) is 6.78. The number of nitrogens with zero attached hydrogens (tertiary/aromatic N) is 3. The molecule has 116 valence electrons. The van der Waals surface area contributed by atoms with Gasteiger partial charge in [0.1, 0.15) is 12.2 Å². The molecule has 0 fully saturated rings. The Kier molecular flexibility index (Phi) is 4.19. The molecule has 8 heteroatoms. The van der Waals surface area contributed by atoms with E-state index in [4.69, 9.17) is 0 Å². The van der Waals surface area contributed by atoms with Crippen molar-refractivity contribution in [1.82, 2.24) is 20.1 Å². The van der Waals surface area contributed by atoms with Crippen LogP contribution in [0.5, 0.6) is 0 Å². The summed E-state index contributed by atoms with van der Waals surface area (Å²) in [6.45, 7) is 0.627. The van der Waals surface area contributed by atoms with Crippen molar-refractivity contribution in [2.45, 2.75) is 30.3 Å². The number of amides is 2. The molecule has 1 aromatic carbocycles. The fourth-order valence-electron chi connectivity index (χ4n) is 2.46. The Morgan fingerprint density at radius 1 is 1.45 bits per heavy atom. The fraction of sp³-hybridized carbons (Fsp3) is 0.357. The number of carbonyl (C=O) groups excluding carboxylic acids is 1. The van der Waals surface area contributed by atoms with Gasteiger partial charge in [-0.25, -0.2) is 14.5 Å². The van der Waals surface area contributed by atoms with Crippen LogP contribution in [0.25, 0.3) is 0 Å². The number of nitrogens with one attached hydrogen (secondary N) is 2. The van der Waals surface area contributed by atoms with E-state index in [2.05, 4.69) is 20.7 Å². The van der Waals surface area contributed by atoms with Crippen molar-refractivity contribution >= 4 is 22.5 Å². The Hall–Kier alpha value is -2.22. The molecule has 1 aliphatic heterocycles. The molecule has 7 nitrogen and oxygen atoms in total. The molecule has 0 unspecified atom stereocenters. The van der Waals surface area contributed by atoms with Crippen LogP contribution in [-0.2, 0) is 23.8 Å². The van der Waals surface area contributed by atoms with Crippen LogP contribution < -0.4 is 10.6 Å². The quantitative estimate of drug-likeness (QED) is 0.888. The maximum atomic E-state index is 12.1. The van der Waals surface area contributed by atoms with Crippen LogP contribution >= 0.6 is 0 Å². The van der Waals surface area contributed by atoms with Crippen LogP contribution in [0.2, 0.25) is 0 Å². The minimum atomic E-state index is -1.07. The topological polar surface area (TPSA) is 88.9 Å². The third-order valence-electron chi connectivity index (χ3n) is 3.56. The molecule has 3 rings (SSSR count). The van der Waals surface area contributed by atoms with E-state index in [1.807, 2.05) is 4.68 Å². The molecule has 2 atom stereocenters. The number of aromatic nitrogens is 3. The van der Waals surface area contributed by atoms with Gasteiger partial charge in [-0.1, -0.05) is 6.07 Å². The minimum Gasteiger partial charge on any atom is -0.333 e. The van der Waals surface area contributed by atoms with E-state index < -0.39 is 10.8 Å². The molecule has 2 heterocycles. The highest BCUT2D eigenvalue weighted by atomic mass is 32.2. The average molecular weight is 319 g/mol. The minimum absolute atomic E-state index is 0.0256. The van der Waals surface area contributed by atoms with Gasteiger partial charge in [-0.2, -0.15) is 5.10 Å². The van der Waals surface area contributed by atoms with E-state index in [1.165, 1.54) is 6.33 Å². The smallest absolute Gasteiger partial charge is 0.319 e. The van der Waals surface area contributed by atoms with E-state index in [0.717, 1.165) is 18.7 Å². The first-order valence-corrected chi connectivity index (χ1v) is 8.55. The third-order valence-corrected chi connectivity index (χ3v) is 4.48. The summed E-state index contributed by atoms with van der Waals surface area (Å²) in [6.07, 6.45) is 4.78. The summed E-state index contributed by atoms with van der Waals surface area (Å²) < 4.78 is 13.3. The predicted molar refractivity (Wildman–Crippen MR) is 83.1 cm³/mol. The second kappa shape index (κ2) is 6.27. The van der Waals surface area contributed by atoms with E-state index in [9.17, 15) is 9.00 Å². The predicted octanol–water partition coefficient (Wildman–Crippen LogP) is 1.15. The Labute approximate surface area is 130 Å². The number of urea groups is 1. The number of hydrogen-bond donors (Lipinski definition) is 2. The molecule has 0 radical (unpaired) electrons. The maximum Gasteiger partial charge on any atom is 0.319 e. The summed E-state index contributed by atoms with van der Waals surface area (Å²) >= 11 is 0. The van der Waals surface area contributed by atoms with E-state index in [0.29, 0.717) is 17.1 Å². The van der Waals surface area contributed by atoms with Gasteiger partial charge in [0.05, 0.1) is 12.6 Å². The van der Waals surface area contributed by atoms with Gasteiger partial charge in [0.25, 0.3) is 0 Å². The normalized spacial score (nSPS) is 18.3. The highest BCUT2D eigenvalue weighted by Gasteiger charge is 2.21. The molecule has 1 aliphatic rings. The lowest BCUT2D eigenvalue weighted by Crippen LogP contribution is -2.43. The van der Waals surface area contributed by atoms with Crippen LogP contribution in [0.1, 0.15) is 12.2 Å². The molecule has 0 spiro atoms. The monoisotopic (exact) mass is 319 g/mol. The van der Waals surface area contributed by atoms with Crippen LogP contribution in [0.4, 0.5) is 10.5 Å². The number of rotatable bonds is 3. The zero-order valence-electron chi connectivity index (χ0n) is 12.2. The van der Waals surface area contributed by atoms with Crippen LogP contribution in [0, 0.1) is 0 Å². The van der Waals surface area contributed by atoms with Gasteiger partial charge in [0.15, 0.2) is 0 Å². The molecule has 0 bridgehead atoms. The molecule has 1 aromatic heterocycles. The number of fused-ring (bicyclic) bond motifs is 1. The zero-order valence-corrected chi connectivity index (χ0v) is 13.0. The fourth-order valence-corrected chi connectivity index (χ4v) is 3.02. The Morgan fingerprint density at radius 3 is 3.14 bits per heavy atom. The highest BCUT2D eigenvalue weighted by Crippen LogP contribution is 2.14. The summed E-state index contributed by atoms with van der Waals surface area (Å²) in [5.41, 5.74) is 0.627. The number of benzene rings is 1. The lowest BCUT2D eigenvalue weighted by Gasteiger charge is -2.23. The summed E-state index contributed by atoms with van der Waals surface area (Å²) in [5, 5.41) is 9.83. The van der Waals surface area contributed by atoms with E-state index in [-0.39, 0.29) is 12.1 Å². The Morgan fingerprint density at radius 2 is 2.32 bits per heavy atom. The molecule has 2 N–H and O–H groups in total. The van der Waals surface area contributed by atoms with E-state index in [1.54, 1.807) is 30.5 Å². The van der Waals surface area contributed by atoms with Gasteiger partial charge in [-0.3, -0.25) is 4.21 Å². The van der Waals surface area contributed by atoms with Crippen LogP contribution in [0.3, 0.4) is 0 Å². The number of aryl methyl sites for hydroxylation is 1. The lowest BCUT2D eigenvalue weighted by molar-refractivity contribution is 0.243. The Bertz CT molecular complexity index is 715. The molecule has 0 saturated carbocycles. The van der Waals surface area contributed by atoms with Gasteiger partial charge in [-0.15, -0.1) is 0 Å². The highest BCUT2D eigenvalue weighted by molar-refractivity contribution is 7.84. The zero-order chi connectivity index (χ0) is 15.5. The number of carbonyl (C=O) groups is 1. The molecule has 22 heavy (non-hydrogen) atoms. The van der Waals surface area contributed by atoms with Crippen LogP contribution in [-0.4, -0.2) is 37.3 Å². The van der Waals surface area contributed by atoms with Crippen molar-refractivity contribution in [2.24, 2.45) is 0 Å². The first kappa shape index (κ1) is 14.7. The lowest BCUT2D eigenvalue weighted by atomic mass is 10.1. The first-order valence-electron chi connectivity index (χ1n) is 6.99. The molecular formula is C14H17N5O2S. The third kappa shape index (κ3) is 3.33. The van der Waals surface area contributed by atoms with Crippen LogP contribution in [0.15, 0.2) is 35.5 Å². The van der Waals surface area contributed by atoms with Gasteiger partial charge in [0, 0.05) is 34.1 Å². The van der Waals surface area contributed by atoms with Crippen molar-refractivity contribution in [1.29, 1.82) is 0 Å². The molecule has 0 saturated heterocycles. The standard InChI is InChI=1S/C14H17N5O2S/c1-22(21)12-4-2-3-10(7-12)17-14(20)18-11-5-6-13-15-9-16-19(13)8-11/h2-4,7,9,11H,5-6,8H2,1H3,(H2,17,18,20)/t11-,22-/m0/s1. The van der Waals surface area contributed by atoms with Gasteiger partial charge >= 0.3 is 6.03 Å².